The van der Waals surface area contributed by atoms with Gasteiger partial charge in [-0.2, -0.15) is 0 Å². The minimum atomic E-state index is -0.149. The van der Waals surface area contributed by atoms with Crippen LogP contribution in [0.15, 0.2) is 47.6 Å². The summed E-state index contributed by atoms with van der Waals surface area (Å²) in [5.74, 6) is 0.857. The quantitative estimate of drug-likeness (QED) is 0.920. The number of carbonyl (C=O) groups excluding carboxylic acids is 1. The molecule has 1 aliphatic heterocycles. The number of aromatic nitrogens is 1. The highest BCUT2D eigenvalue weighted by atomic mass is 35.5. The molecule has 2 aromatic rings. The number of amides is 1. The first-order valence-corrected chi connectivity index (χ1v) is 7.74. The van der Waals surface area contributed by atoms with Gasteiger partial charge in [0.2, 0.25) is 0 Å². The van der Waals surface area contributed by atoms with Crippen molar-refractivity contribution >= 4 is 29.3 Å². The van der Waals surface area contributed by atoms with Crippen molar-refractivity contribution in [3.8, 4) is 0 Å². The molecule has 1 aromatic heterocycles. The third kappa shape index (κ3) is 2.67. The summed E-state index contributed by atoms with van der Waals surface area (Å²) < 4.78 is 0. The van der Waals surface area contributed by atoms with Crippen LogP contribution in [0, 0.1) is 0 Å². The monoisotopic (exact) mass is 304 g/mol. The van der Waals surface area contributed by atoms with E-state index in [9.17, 15) is 4.79 Å². The van der Waals surface area contributed by atoms with E-state index in [1.165, 1.54) is 16.7 Å². The van der Waals surface area contributed by atoms with E-state index in [0.29, 0.717) is 10.6 Å². The number of hydrogen-bond acceptors (Lipinski definition) is 3. The number of rotatable bonds is 2. The van der Waals surface area contributed by atoms with Crippen molar-refractivity contribution in [3.05, 3.63) is 58.9 Å². The molecule has 1 aromatic carbocycles. The molecule has 2 heterocycles. The Morgan fingerprint density at radius 3 is 3.05 bits per heavy atom. The van der Waals surface area contributed by atoms with Crippen molar-refractivity contribution in [1.29, 1.82) is 0 Å². The Labute approximate surface area is 126 Å². The van der Waals surface area contributed by atoms with Gasteiger partial charge >= 0.3 is 0 Å². The maximum Gasteiger partial charge on any atom is 0.253 e. The Morgan fingerprint density at radius 2 is 2.20 bits per heavy atom. The number of pyridine rings is 1. The zero-order valence-electron chi connectivity index (χ0n) is 10.7. The van der Waals surface area contributed by atoms with Gasteiger partial charge in [-0.25, -0.2) is 0 Å². The fourth-order valence-corrected chi connectivity index (χ4v) is 3.62. The van der Waals surface area contributed by atoms with E-state index in [-0.39, 0.29) is 11.9 Å². The maximum atomic E-state index is 12.3. The van der Waals surface area contributed by atoms with Crippen molar-refractivity contribution in [2.24, 2.45) is 0 Å². The van der Waals surface area contributed by atoms with Crippen molar-refractivity contribution in [1.82, 2.24) is 10.3 Å². The van der Waals surface area contributed by atoms with E-state index in [2.05, 4.69) is 22.4 Å². The number of hydrogen-bond donors (Lipinski definition) is 1. The molecule has 3 rings (SSSR count). The highest BCUT2D eigenvalue weighted by molar-refractivity contribution is 7.99. The lowest BCUT2D eigenvalue weighted by Crippen LogP contribution is -2.30. The molecule has 1 atom stereocenters. The van der Waals surface area contributed by atoms with Crippen LogP contribution in [0.5, 0.6) is 0 Å². The smallest absolute Gasteiger partial charge is 0.253 e. The average Bonchev–Trinajstić information content (AvgIpc) is 2.48. The summed E-state index contributed by atoms with van der Waals surface area (Å²) in [6, 6.07) is 9.88. The molecule has 0 fully saturated rings. The number of benzene rings is 1. The predicted octanol–water partition coefficient (Wildman–Crippen LogP) is 3.70. The van der Waals surface area contributed by atoms with E-state index < -0.39 is 0 Å². The second-order valence-electron chi connectivity index (χ2n) is 4.56. The molecule has 1 unspecified atom stereocenters. The topological polar surface area (TPSA) is 42.0 Å². The van der Waals surface area contributed by atoms with Gasteiger partial charge in [-0.15, -0.1) is 11.8 Å². The Bertz CT molecular complexity index is 647. The van der Waals surface area contributed by atoms with Crippen LogP contribution in [-0.2, 0) is 0 Å². The summed E-state index contributed by atoms with van der Waals surface area (Å²) in [5.41, 5.74) is 1.65. The van der Waals surface area contributed by atoms with E-state index in [1.807, 2.05) is 23.9 Å². The number of nitrogens with one attached hydrogen (secondary N) is 1. The molecule has 0 bridgehead atoms. The van der Waals surface area contributed by atoms with Crippen LogP contribution in [0.4, 0.5) is 0 Å². The summed E-state index contributed by atoms with van der Waals surface area (Å²) in [6.45, 7) is 0. The van der Waals surface area contributed by atoms with Crippen LogP contribution in [0.3, 0.4) is 0 Å². The summed E-state index contributed by atoms with van der Waals surface area (Å²) in [7, 11) is 0. The Morgan fingerprint density at radius 1 is 1.35 bits per heavy atom. The van der Waals surface area contributed by atoms with Crippen LogP contribution in [0.1, 0.15) is 28.4 Å². The first-order chi connectivity index (χ1) is 9.75. The van der Waals surface area contributed by atoms with Gasteiger partial charge in [0, 0.05) is 23.0 Å². The van der Waals surface area contributed by atoms with Crippen molar-refractivity contribution in [2.45, 2.75) is 17.4 Å². The normalized spacial score (nSPS) is 17.4. The van der Waals surface area contributed by atoms with Crippen LogP contribution in [-0.4, -0.2) is 16.6 Å². The molecule has 0 spiro atoms. The summed E-state index contributed by atoms with van der Waals surface area (Å²) in [4.78, 5) is 17.4. The molecule has 0 aliphatic carbocycles. The van der Waals surface area contributed by atoms with E-state index >= 15 is 0 Å². The Kier molecular flexibility index (Phi) is 3.94. The minimum absolute atomic E-state index is 0.0455. The van der Waals surface area contributed by atoms with Crippen LogP contribution in [0.2, 0.25) is 5.02 Å². The molecule has 1 amide bonds. The molecular weight excluding hydrogens is 292 g/mol. The van der Waals surface area contributed by atoms with Gasteiger partial charge in [-0.3, -0.25) is 9.78 Å². The maximum absolute atomic E-state index is 12.3. The Hall–Kier alpha value is -1.52. The highest BCUT2D eigenvalue weighted by Gasteiger charge is 2.23. The number of halogens is 1. The molecule has 1 aliphatic rings. The van der Waals surface area contributed by atoms with Gasteiger partial charge in [0.1, 0.15) is 0 Å². The second-order valence-corrected chi connectivity index (χ2v) is 6.10. The first-order valence-electron chi connectivity index (χ1n) is 6.38. The van der Waals surface area contributed by atoms with Gasteiger partial charge in [0.05, 0.1) is 16.6 Å². The number of fused-ring (bicyclic) bond motifs is 1. The third-order valence-corrected chi connectivity index (χ3v) is 4.70. The molecule has 3 nitrogen and oxygen atoms in total. The lowest BCUT2D eigenvalue weighted by molar-refractivity contribution is 0.0935. The second kappa shape index (κ2) is 5.85. The largest absolute Gasteiger partial charge is 0.345 e. The first kappa shape index (κ1) is 13.5. The molecule has 0 saturated heterocycles. The predicted molar refractivity (Wildman–Crippen MR) is 81.2 cm³/mol. The fraction of sp³-hybridized carbons (Fsp3) is 0.200. The van der Waals surface area contributed by atoms with E-state index in [1.54, 1.807) is 12.3 Å². The molecule has 20 heavy (non-hydrogen) atoms. The fourth-order valence-electron chi connectivity index (χ4n) is 2.29. The van der Waals surface area contributed by atoms with Gasteiger partial charge < -0.3 is 5.32 Å². The van der Waals surface area contributed by atoms with E-state index in [0.717, 1.165) is 12.2 Å². The molecule has 0 radical (unpaired) electrons. The SMILES string of the molecule is O=C(NC1CCSc2ccccc21)c1ccncc1Cl. The summed E-state index contributed by atoms with van der Waals surface area (Å²) in [6.07, 6.45) is 3.99. The third-order valence-electron chi connectivity index (χ3n) is 3.28. The zero-order chi connectivity index (χ0) is 13.9. The Balaban J connectivity index is 1.83. The van der Waals surface area contributed by atoms with Crippen LogP contribution in [0.25, 0.3) is 0 Å². The molecule has 5 heteroatoms. The average molecular weight is 305 g/mol. The summed E-state index contributed by atoms with van der Waals surface area (Å²) in [5, 5.41) is 3.45. The van der Waals surface area contributed by atoms with Crippen molar-refractivity contribution < 1.29 is 4.79 Å². The lowest BCUT2D eigenvalue weighted by atomic mass is 10.0. The molecule has 0 saturated carbocycles. The highest BCUT2D eigenvalue weighted by Crippen LogP contribution is 2.36. The van der Waals surface area contributed by atoms with Gasteiger partial charge in [0.15, 0.2) is 0 Å². The van der Waals surface area contributed by atoms with Gasteiger partial charge in [0.25, 0.3) is 5.91 Å². The molecule has 102 valence electrons. The lowest BCUT2D eigenvalue weighted by Gasteiger charge is -2.26. The molecule has 1 N–H and O–H groups in total. The number of thioether (sulfide) groups is 1. The summed E-state index contributed by atoms with van der Waals surface area (Å²) >= 11 is 7.84. The molecular formula is C15H13ClN2OS. The van der Waals surface area contributed by atoms with Crippen molar-refractivity contribution in [3.63, 3.8) is 0 Å². The van der Waals surface area contributed by atoms with Crippen LogP contribution < -0.4 is 5.32 Å². The van der Waals surface area contributed by atoms with Gasteiger partial charge in [-0.05, 0) is 24.1 Å². The standard InChI is InChI=1S/C15H13ClN2OS/c16-12-9-17-7-5-10(12)15(19)18-13-6-8-20-14-4-2-1-3-11(13)14/h1-5,7,9,13H,6,8H2,(H,18,19). The van der Waals surface area contributed by atoms with Crippen LogP contribution >= 0.6 is 23.4 Å². The van der Waals surface area contributed by atoms with E-state index in [4.69, 9.17) is 11.6 Å². The number of nitrogens with zero attached hydrogens (tertiary/aromatic N) is 1. The van der Waals surface area contributed by atoms with Gasteiger partial charge in [-0.1, -0.05) is 29.8 Å². The minimum Gasteiger partial charge on any atom is -0.345 e. The number of carbonyl (C=O) groups is 1. The zero-order valence-corrected chi connectivity index (χ0v) is 12.2. The van der Waals surface area contributed by atoms with Crippen molar-refractivity contribution in [2.75, 3.05) is 5.75 Å².